The van der Waals surface area contributed by atoms with Crippen molar-refractivity contribution in [3.63, 3.8) is 0 Å². The van der Waals surface area contributed by atoms with Gasteiger partial charge in [-0.3, -0.25) is 0 Å². The van der Waals surface area contributed by atoms with Crippen molar-refractivity contribution in [3.05, 3.63) is 48.5 Å². The average molecular weight is 373 g/mol. The molecule has 0 aliphatic rings. The lowest BCUT2D eigenvalue weighted by Gasteiger charge is -2.22. The minimum absolute atomic E-state index is 0.0523. The zero-order chi connectivity index (χ0) is 18.9. The monoisotopic (exact) mass is 373 g/mol. The first-order valence-electron chi connectivity index (χ1n) is 7.36. The Hall–Kier alpha value is -2.22. The summed E-state index contributed by atoms with van der Waals surface area (Å²) in [6.07, 6.45) is -4.82. The molecule has 0 radical (unpaired) electrons. The molecule has 8 heteroatoms. The molecule has 0 aliphatic carbocycles. The average Bonchev–Trinajstić information content (AvgIpc) is 2.45. The van der Waals surface area contributed by atoms with Gasteiger partial charge in [0.2, 0.25) is 9.84 Å². The molecule has 0 bridgehead atoms. The molecular formula is C17H18F3NO3S. The minimum atomic E-state index is -4.82. The van der Waals surface area contributed by atoms with E-state index in [1.54, 1.807) is 12.1 Å². The van der Waals surface area contributed by atoms with Gasteiger partial charge in [0.05, 0.1) is 9.79 Å². The molecule has 25 heavy (non-hydrogen) atoms. The summed E-state index contributed by atoms with van der Waals surface area (Å²) in [5.41, 5.74) is 0.592. The number of alkyl halides is 3. The van der Waals surface area contributed by atoms with E-state index in [9.17, 15) is 21.6 Å². The maximum absolute atomic E-state index is 12.5. The largest absolute Gasteiger partial charge is 0.573 e. The maximum atomic E-state index is 12.5. The molecule has 1 N–H and O–H groups in total. The second-order valence-electron chi connectivity index (χ2n) is 6.42. The van der Waals surface area contributed by atoms with Crippen LogP contribution in [0.1, 0.15) is 20.8 Å². The number of sulfone groups is 1. The standard InChI is InChI=1S/C17H18F3NO3S/c1-16(2,3)21-12-4-8-14(9-5-12)25(22,23)15-10-6-13(7-11-15)24-17(18,19)20/h4-11,21H,1-3H3. The first-order chi connectivity index (χ1) is 11.4. The quantitative estimate of drug-likeness (QED) is 0.849. The Labute approximate surface area is 144 Å². The van der Waals surface area contributed by atoms with Gasteiger partial charge in [-0.2, -0.15) is 0 Å². The predicted molar refractivity (Wildman–Crippen MR) is 88.4 cm³/mol. The molecule has 0 aliphatic heterocycles. The van der Waals surface area contributed by atoms with Crippen molar-refractivity contribution in [2.45, 2.75) is 42.5 Å². The summed E-state index contributed by atoms with van der Waals surface area (Å²) in [6.45, 7) is 5.92. The van der Waals surface area contributed by atoms with Crippen LogP contribution in [0.3, 0.4) is 0 Å². The topological polar surface area (TPSA) is 55.4 Å². The van der Waals surface area contributed by atoms with Crippen molar-refractivity contribution >= 4 is 15.5 Å². The molecule has 136 valence electrons. The van der Waals surface area contributed by atoms with Gasteiger partial charge in [-0.25, -0.2) is 8.42 Å². The van der Waals surface area contributed by atoms with Gasteiger partial charge in [0.15, 0.2) is 0 Å². The number of hydrogen-bond donors (Lipinski definition) is 1. The van der Waals surface area contributed by atoms with Crippen LogP contribution in [0.4, 0.5) is 18.9 Å². The summed E-state index contributed by atoms with van der Waals surface area (Å²) in [5.74, 6) is -0.476. The highest BCUT2D eigenvalue weighted by molar-refractivity contribution is 7.91. The molecule has 2 aromatic rings. The number of rotatable bonds is 4. The summed E-state index contributed by atoms with van der Waals surface area (Å²) in [6, 6.07) is 10.3. The predicted octanol–water partition coefficient (Wildman–Crippen LogP) is 4.63. The molecule has 0 aromatic heterocycles. The van der Waals surface area contributed by atoms with Gasteiger partial charge in [0.25, 0.3) is 0 Å². The fourth-order valence-electron chi connectivity index (χ4n) is 2.11. The fourth-order valence-corrected chi connectivity index (χ4v) is 3.37. The highest BCUT2D eigenvalue weighted by atomic mass is 32.2. The van der Waals surface area contributed by atoms with Crippen LogP contribution in [0.15, 0.2) is 58.3 Å². The number of ether oxygens (including phenoxy) is 1. The van der Waals surface area contributed by atoms with Gasteiger partial charge in [-0.05, 0) is 69.3 Å². The fraction of sp³-hybridized carbons (Fsp3) is 0.294. The van der Waals surface area contributed by atoms with Gasteiger partial charge in [-0.1, -0.05) is 0 Å². The Bertz CT molecular complexity index is 756. The van der Waals surface area contributed by atoms with Crippen LogP contribution in [-0.4, -0.2) is 20.3 Å². The third-order valence-electron chi connectivity index (χ3n) is 3.05. The summed E-state index contributed by atoms with van der Waals surface area (Å²) < 4.78 is 65.3. The Morgan fingerprint density at radius 3 is 1.68 bits per heavy atom. The Morgan fingerprint density at radius 1 is 0.840 bits per heavy atom. The number of hydrogen-bond acceptors (Lipinski definition) is 4. The zero-order valence-electron chi connectivity index (χ0n) is 13.9. The van der Waals surface area contributed by atoms with Crippen LogP contribution in [-0.2, 0) is 9.84 Å². The van der Waals surface area contributed by atoms with E-state index in [1.165, 1.54) is 12.1 Å². The van der Waals surface area contributed by atoms with Gasteiger partial charge >= 0.3 is 6.36 Å². The molecule has 4 nitrogen and oxygen atoms in total. The Balaban J connectivity index is 2.23. The summed E-state index contributed by atoms with van der Waals surface area (Å²) in [5, 5.41) is 3.21. The molecule has 0 saturated heterocycles. The van der Waals surface area contributed by atoms with Gasteiger partial charge in [-0.15, -0.1) is 13.2 Å². The zero-order valence-corrected chi connectivity index (χ0v) is 14.7. The summed E-state index contributed by atoms with van der Waals surface area (Å²) >= 11 is 0. The van der Waals surface area contributed by atoms with Crippen molar-refractivity contribution in [1.82, 2.24) is 0 Å². The molecule has 2 rings (SSSR count). The second-order valence-corrected chi connectivity index (χ2v) is 8.37. The lowest BCUT2D eigenvalue weighted by molar-refractivity contribution is -0.274. The SMILES string of the molecule is CC(C)(C)Nc1ccc(S(=O)(=O)c2ccc(OC(F)(F)F)cc2)cc1. The third kappa shape index (κ3) is 5.38. The van der Waals surface area contributed by atoms with Gasteiger partial charge in [0, 0.05) is 11.2 Å². The van der Waals surface area contributed by atoms with Gasteiger partial charge < -0.3 is 10.1 Å². The van der Waals surface area contributed by atoms with Crippen LogP contribution in [0.2, 0.25) is 0 Å². The van der Waals surface area contributed by atoms with E-state index in [1.807, 2.05) is 20.8 Å². The number of benzene rings is 2. The van der Waals surface area contributed by atoms with Crippen LogP contribution in [0, 0.1) is 0 Å². The number of anilines is 1. The summed E-state index contributed by atoms with van der Waals surface area (Å²) in [4.78, 5) is -0.0602. The Kier molecular flexibility index (Phi) is 5.04. The van der Waals surface area contributed by atoms with Crippen molar-refractivity contribution in [1.29, 1.82) is 0 Å². The Morgan fingerprint density at radius 2 is 1.28 bits per heavy atom. The molecular weight excluding hydrogens is 355 g/mol. The van der Waals surface area contributed by atoms with E-state index in [4.69, 9.17) is 0 Å². The first kappa shape index (κ1) is 19.1. The lowest BCUT2D eigenvalue weighted by atomic mass is 10.1. The first-order valence-corrected chi connectivity index (χ1v) is 8.84. The maximum Gasteiger partial charge on any atom is 0.573 e. The van der Waals surface area contributed by atoms with Crippen molar-refractivity contribution in [2.24, 2.45) is 0 Å². The summed E-state index contributed by atoms with van der Waals surface area (Å²) in [7, 11) is -3.82. The number of halogens is 3. The lowest BCUT2D eigenvalue weighted by Crippen LogP contribution is -2.25. The molecule has 0 spiro atoms. The molecule has 0 heterocycles. The van der Waals surface area contributed by atoms with Crippen LogP contribution in [0.25, 0.3) is 0 Å². The highest BCUT2D eigenvalue weighted by Gasteiger charge is 2.31. The van der Waals surface area contributed by atoms with E-state index in [0.717, 1.165) is 30.0 Å². The van der Waals surface area contributed by atoms with E-state index in [0.29, 0.717) is 0 Å². The van der Waals surface area contributed by atoms with E-state index in [-0.39, 0.29) is 15.3 Å². The van der Waals surface area contributed by atoms with Crippen LogP contribution < -0.4 is 10.1 Å². The molecule has 0 fully saturated rings. The van der Waals surface area contributed by atoms with E-state index in [2.05, 4.69) is 10.1 Å². The smallest absolute Gasteiger partial charge is 0.406 e. The number of nitrogens with one attached hydrogen (secondary N) is 1. The normalized spacial score (nSPS) is 12.7. The van der Waals surface area contributed by atoms with E-state index < -0.39 is 21.9 Å². The molecule has 2 aromatic carbocycles. The molecule has 0 amide bonds. The molecule has 0 unspecified atom stereocenters. The molecule has 0 atom stereocenters. The van der Waals surface area contributed by atoms with Gasteiger partial charge in [0.1, 0.15) is 5.75 Å². The van der Waals surface area contributed by atoms with Crippen LogP contribution in [0.5, 0.6) is 5.75 Å². The van der Waals surface area contributed by atoms with Crippen molar-refractivity contribution in [2.75, 3.05) is 5.32 Å². The van der Waals surface area contributed by atoms with Crippen molar-refractivity contribution in [3.8, 4) is 5.75 Å². The minimum Gasteiger partial charge on any atom is -0.406 e. The van der Waals surface area contributed by atoms with Crippen molar-refractivity contribution < 1.29 is 26.3 Å². The van der Waals surface area contributed by atoms with Crippen LogP contribution >= 0.6 is 0 Å². The second kappa shape index (κ2) is 6.59. The highest BCUT2D eigenvalue weighted by Crippen LogP contribution is 2.27. The molecule has 0 saturated carbocycles. The third-order valence-corrected chi connectivity index (χ3v) is 4.84. The van der Waals surface area contributed by atoms with E-state index >= 15 is 0 Å².